The van der Waals surface area contributed by atoms with Gasteiger partial charge >= 0.3 is 0 Å². The van der Waals surface area contributed by atoms with E-state index in [4.69, 9.17) is 0 Å². The summed E-state index contributed by atoms with van der Waals surface area (Å²) in [6.45, 7) is 13.7. The SMILES string of the molecule is Cc1ccc([C@H](CC(C)C)N2CCNCC2)cc1C. The smallest absolute Gasteiger partial charge is 0.0351 e. The van der Waals surface area contributed by atoms with E-state index in [1.165, 1.54) is 36.2 Å². The Labute approximate surface area is 118 Å². The molecule has 1 fully saturated rings. The van der Waals surface area contributed by atoms with Gasteiger partial charge in [0.25, 0.3) is 0 Å². The number of nitrogens with one attached hydrogen (secondary N) is 1. The molecule has 0 aliphatic carbocycles. The van der Waals surface area contributed by atoms with Crippen molar-refractivity contribution in [3.63, 3.8) is 0 Å². The average molecular weight is 260 g/mol. The van der Waals surface area contributed by atoms with Crippen LogP contribution in [0, 0.1) is 19.8 Å². The first-order valence-corrected chi connectivity index (χ1v) is 7.60. The molecule has 0 spiro atoms. The molecule has 0 amide bonds. The fraction of sp³-hybridized carbons (Fsp3) is 0.647. The highest BCUT2D eigenvalue weighted by atomic mass is 15.2. The highest BCUT2D eigenvalue weighted by molar-refractivity contribution is 5.31. The molecule has 1 aromatic rings. The van der Waals surface area contributed by atoms with E-state index in [1.807, 2.05) is 0 Å². The number of hydrogen-bond acceptors (Lipinski definition) is 2. The van der Waals surface area contributed by atoms with Crippen molar-refractivity contribution < 1.29 is 0 Å². The monoisotopic (exact) mass is 260 g/mol. The Morgan fingerprint density at radius 3 is 2.37 bits per heavy atom. The third kappa shape index (κ3) is 3.80. The molecular formula is C17H28N2. The van der Waals surface area contributed by atoms with E-state index in [1.54, 1.807) is 0 Å². The molecule has 0 bridgehead atoms. The van der Waals surface area contributed by atoms with Gasteiger partial charge in [-0.15, -0.1) is 0 Å². The lowest BCUT2D eigenvalue weighted by atomic mass is 9.93. The third-order valence-corrected chi connectivity index (χ3v) is 4.20. The number of piperazine rings is 1. The Bertz CT molecular complexity index is 406. The standard InChI is InChI=1S/C17H28N2/c1-13(2)11-17(19-9-7-18-8-10-19)16-6-5-14(3)15(4)12-16/h5-6,12-13,17-18H,7-11H2,1-4H3/t17-/m0/s1. The first-order valence-electron chi connectivity index (χ1n) is 7.60. The molecule has 1 atom stereocenters. The number of nitrogens with zero attached hydrogens (tertiary/aromatic N) is 1. The van der Waals surface area contributed by atoms with Gasteiger partial charge in [-0.1, -0.05) is 32.0 Å². The quantitative estimate of drug-likeness (QED) is 0.893. The first kappa shape index (κ1) is 14.5. The van der Waals surface area contributed by atoms with Gasteiger partial charge in [0, 0.05) is 32.2 Å². The summed E-state index contributed by atoms with van der Waals surface area (Å²) in [6.07, 6.45) is 1.25. The summed E-state index contributed by atoms with van der Waals surface area (Å²) in [7, 11) is 0. The topological polar surface area (TPSA) is 15.3 Å². The molecule has 1 N–H and O–H groups in total. The lowest BCUT2D eigenvalue weighted by Crippen LogP contribution is -2.45. The molecule has 1 aromatic carbocycles. The molecule has 1 saturated heterocycles. The maximum absolute atomic E-state index is 3.45. The van der Waals surface area contributed by atoms with Crippen molar-refractivity contribution in [2.75, 3.05) is 26.2 Å². The van der Waals surface area contributed by atoms with E-state index >= 15 is 0 Å². The Morgan fingerprint density at radius 2 is 1.79 bits per heavy atom. The molecule has 1 aliphatic heterocycles. The van der Waals surface area contributed by atoms with Gasteiger partial charge in [0.1, 0.15) is 0 Å². The van der Waals surface area contributed by atoms with Gasteiger partial charge < -0.3 is 5.32 Å². The van der Waals surface area contributed by atoms with Crippen LogP contribution in [-0.4, -0.2) is 31.1 Å². The average Bonchev–Trinajstić information content (AvgIpc) is 2.40. The normalized spacial score (nSPS) is 18.8. The largest absolute Gasteiger partial charge is 0.314 e. The molecule has 0 aromatic heterocycles. The zero-order valence-electron chi connectivity index (χ0n) is 12.9. The highest BCUT2D eigenvalue weighted by Crippen LogP contribution is 2.29. The lowest BCUT2D eigenvalue weighted by Gasteiger charge is -2.36. The molecule has 0 saturated carbocycles. The van der Waals surface area contributed by atoms with Crippen LogP contribution >= 0.6 is 0 Å². The number of rotatable bonds is 4. The minimum atomic E-state index is 0.585. The fourth-order valence-corrected chi connectivity index (χ4v) is 2.91. The summed E-state index contributed by atoms with van der Waals surface area (Å²) in [6, 6.07) is 7.59. The van der Waals surface area contributed by atoms with Gasteiger partial charge in [-0.05, 0) is 42.9 Å². The summed E-state index contributed by atoms with van der Waals surface area (Å²) in [5, 5.41) is 3.45. The molecule has 106 valence electrons. The predicted octanol–water partition coefficient (Wildman–Crippen LogP) is 3.30. The zero-order valence-corrected chi connectivity index (χ0v) is 12.9. The highest BCUT2D eigenvalue weighted by Gasteiger charge is 2.23. The van der Waals surface area contributed by atoms with Crippen LogP contribution in [0.25, 0.3) is 0 Å². The van der Waals surface area contributed by atoms with Crippen LogP contribution in [0.15, 0.2) is 18.2 Å². The van der Waals surface area contributed by atoms with Crippen LogP contribution in [0.3, 0.4) is 0 Å². The second-order valence-corrected chi connectivity index (χ2v) is 6.28. The minimum Gasteiger partial charge on any atom is -0.314 e. The molecule has 1 aliphatic rings. The van der Waals surface area contributed by atoms with Crippen molar-refractivity contribution in [2.24, 2.45) is 5.92 Å². The Balaban J connectivity index is 2.22. The molecule has 2 heteroatoms. The zero-order chi connectivity index (χ0) is 13.8. The summed E-state index contributed by atoms with van der Waals surface area (Å²) in [5.74, 6) is 0.737. The molecular weight excluding hydrogens is 232 g/mol. The van der Waals surface area contributed by atoms with Crippen molar-refractivity contribution in [3.05, 3.63) is 34.9 Å². The summed E-state index contributed by atoms with van der Waals surface area (Å²) < 4.78 is 0. The van der Waals surface area contributed by atoms with Crippen molar-refractivity contribution in [3.8, 4) is 0 Å². The van der Waals surface area contributed by atoms with Gasteiger partial charge in [0.15, 0.2) is 0 Å². The number of hydrogen-bond donors (Lipinski definition) is 1. The van der Waals surface area contributed by atoms with Gasteiger partial charge in [-0.2, -0.15) is 0 Å². The molecule has 0 unspecified atom stereocenters. The van der Waals surface area contributed by atoms with Crippen LogP contribution in [0.2, 0.25) is 0 Å². The van der Waals surface area contributed by atoms with E-state index < -0.39 is 0 Å². The van der Waals surface area contributed by atoms with Crippen LogP contribution in [0.1, 0.15) is 43.0 Å². The van der Waals surface area contributed by atoms with Crippen LogP contribution in [-0.2, 0) is 0 Å². The van der Waals surface area contributed by atoms with Crippen molar-refractivity contribution in [1.82, 2.24) is 10.2 Å². The molecule has 2 nitrogen and oxygen atoms in total. The second kappa shape index (κ2) is 6.53. The summed E-state index contributed by atoms with van der Waals surface area (Å²) in [4.78, 5) is 2.65. The Kier molecular flexibility index (Phi) is 5.00. The molecule has 0 radical (unpaired) electrons. The summed E-state index contributed by atoms with van der Waals surface area (Å²) >= 11 is 0. The lowest BCUT2D eigenvalue weighted by molar-refractivity contribution is 0.154. The number of aryl methyl sites for hydroxylation is 2. The maximum atomic E-state index is 3.45. The van der Waals surface area contributed by atoms with E-state index in [0.29, 0.717) is 6.04 Å². The first-order chi connectivity index (χ1) is 9.08. The van der Waals surface area contributed by atoms with Gasteiger partial charge in [0.2, 0.25) is 0 Å². The maximum Gasteiger partial charge on any atom is 0.0351 e. The minimum absolute atomic E-state index is 0.585. The second-order valence-electron chi connectivity index (χ2n) is 6.28. The van der Waals surface area contributed by atoms with E-state index in [9.17, 15) is 0 Å². The van der Waals surface area contributed by atoms with Crippen LogP contribution in [0.4, 0.5) is 0 Å². The van der Waals surface area contributed by atoms with Crippen LogP contribution < -0.4 is 5.32 Å². The molecule has 2 rings (SSSR count). The Hall–Kier alpha value is -0.860. The van der Waals surface area contributed by atoms with Crippen LogP contribution in [0.5, 0.6) is 0 Å². The van der Waals surface area contributed by atoms with E-state index in [-0.39, 0.29) is 0 Å². The van der Waals surface area contributed by atoms with E-state index in [2.05, 4.69) is 56.1 Å². The number of benzene rings is 1. The van der Waals surface area contributed by atoms with Gasteiger partial charge in [-0.25, -0.2) is 0 Å². The van der Waals surface area contributed by atoms with Crippen molar-refractivity contribution in [1.29, 1.82) is 0 Å². The van der Waals surface area contributed by atoms with Crippen molar-refractivity contribution >= 4 is 0 Å². The molecule has 19 heavy (non-hydrogen) atoms. The third-order valence-electron chi connectivity index (χ3n) is 4.20. The van der Waals surface area contributed by atoms with Gasteiger partial charge in [-0.3, -0.25) is 4.90 Å². The Morgan fingerprint density at radius 1 is 1.11 bits per heavy atom. The van der Waals surface area contributed by atoms with E-state index in [0.717, 1.165) is 19.0 Å². The fourth-order valence-electron chi connectivity index (χ4n) is 2.91. The molecule has 1 heterocycles. The summed E-state index contributed by atoms with van der Waals surface area (Å²) in [5.41, 5.74) is 4.31. The predicted molar refractivity (Wildman–Crippen MR) is 82.6 cm³/mol. The van der Waals surface area contributed by atoms with Gasteiger partial charge in [0.05, 0.1) is 0 Å². The van der Waals surface area contributed by atoms with Crippen molar-refractivity contribution in [2.45, 2.75) is 40.2 Å².